The number of amides is 1. The van der Waals surface area contributed by atoms with Gasteiger partial charge >= 0.3 is 0 Å². The van der Waals surface area contributed by atoms with E-state index < -0.39 is 0 Å². The number of hydrogen-bond acceptors (Lipinski definition) is 4. The van der Waals surface area contributed by atoms with E-state index >= 15 is 0 Å². The van der Waals surface area contributed by atoms with Crippen LogP contribution in [0.2, 0.25) is 0 Å². The molecule has 0 spiro atoms. The van der Waals surface area contributed by atoms with E-state index in [-0.39, 0.29) is 12.0 Å². The minimum Gasteiger partial charge on any atom is -0.490 e. The van der Waals surface area contributed by atoms with Gasteiger partial charge in [-0.1, -0.05) is 15.9 Å². The molecule has 0 unspecified atom stereocenters. The number of nitrogens with zero attached hydrogens (tertiary/aromatic N) is 1. The highest BCUT2D eigenvalue weighted by Crippen LogP contribution is 2.23. The highest BCUT2D eigenvalue weighted by Gasteiger charge is 2.10. The number of aryl methyl sites for hydroxylation is 1. The summed E-state index contributed by atoms with van der Waals surface area (Å²) in [6.07, 6.45) is -0.0176. The lowest BCUT2D eigenvalue weighted by Gasteiger charge is -2.14. The zero-order chi connectivity index (χ0) is 17.7. The zero-order valence-corrected chi connectivity index (χ0v) is 15.3. The molecule has 0 fully saturated rings. The van der Waals surface area contributed by atoms with Crippen LogP contribution in [0, 0.1) is 18.3 Å². The van der Waals surface area contributed by atoms with E-state index in [0.717, 1.165) is 10.0 Å². The van der Waals surface area contributed by atoms with E-state index in [4.69, 9.17) is 4.74 Å². The van der Waals surface area contributed by atoms with Crippen LogP contribution in [0.15, 0.2) is 40.9 Å². The quantitative estimate of drug-likeness (QED) is 0.754. The van der Waals surface area contributed by atoms with Crippen molar-refractivity contribution in [1.82, 2.24) is 5.43 Å². The summed E-state index contributed by atoms with van der Waals surface area (Å²) < 4.78 is 6.49. The Morgan fingerprint density at radius 3 is 2.62 bits per heavy atom. The molecule has 2 aromatic rings. The second-order valence-corrected chi connectivity index (χ2v) is 6.44. The fourth-order valence-corrected chi connectivity index (χ4v) is 2.61. The lowest BCUT2D eigenvalue weighted by molar-refractivity contribution is 0.0962. The molecule has 24 heavy (non-hydrogen) atoms. The average molecular weight is 388 g/mol. The normalized spacial score (nSPS) is 10.2. The largest absolute Gasteiger partial charge is 0.490 e. The summed E-state index contributed by atoms with van der Waals surface area (Å²) in [5.74, 6) is 0.272. The SMILES string of the molecule is Cc1cc(Br)ccc1C(=O)NNc1ccc(OC(C)C)c(C#N)c1. The number of carbonyl (C=O) groups is 1. The van der Waals surface area contributed by atoms with Crippen molar-refractivity contribution in [2.24, 2.45) is 0 Å². The number of halogens is 1. The molecule has 0 aliphatic heterocycles. The second kappa shape index (κ2) is 7.84. The molecule has 0 saturated heterocycles. The Kier molecular flexibility index (Phi) is 5.83. The van der Waals surface area contributed by atoms with Gasteiger partial charge in [-0.2, -0.15) is 5.26 Å². The summed E-state index contributed by atoms with van der Waals surface area (Å²) in [6.45, 7) is 5.66. The van der Waals surface area contributed by atoms with Crippen molar-refractivity contribution in [2.75, 3.05) is 5.43 Å². The number of anilines is 1. The summed E-state index contributed by atoms with van der Waals surface area (Å²) in [6, 6.07) is 12.6. The van der Waals surface area contributed by atoms with Crippen molar-refractivity contribution in [3.05, 3.63) is 57.6 Å². The smallest absolute Gasteiger partial charge is 0.269 e. The Morgan fingerprint density at radius 2 is 2.00 bits per heavy atom. The third-order valence-electron chi connectivity index (χ3n) is 3.22. The maximum Gasteiger partial charge on any atom is 0.269 e. The number of nitrogens with one attached hydrogen (secondary N) is 2. The predicted molar refractivity (Wildman–Crippen MR) is 96.9 cm³/mol. The topological polar surface area (TPSA) is 74.2 Å². The zero-order valence-electron chi connectivity index (χ0n) is 13.7. The van der Waals surface area contributed by atoms with Crippen LogP contribution < -0.4 is 15.6 Å². The van der Waals surface area contributed by atoms with Gasteiger partial charge in [0.05, 0.1) is 17.4 Å². The van der Waals surface area contributed by atoms with Gasteiger partial charge in [0.1, 0.15) is 11.8 Å². The van der Waals surface area contributed by atoms with Crippen LogP contribution in [-0.2, 0) is 0 Å². The Morgan fingerprint density at radius 1 is 1.25 bits per heavy atom. The maximum atomic E-state index is 12.2. The summed E-state index contributed by atoms with van der Waals surface area (Å²) in [7, 11) is 0. The van der Waals surface area contributed by atoms with Crippen molar-refractivity contribution in [1.29, 1.82) is 5.26 Å². The fourth-order valence-electron chi connectivity index (χ4n) is 2.13. The highest BCUT2D eigenvalue weighted by molar-refractivity contribution is 9.10. The van der Waals surface area contributed by atoms with Crippen molar-refractivity contribution in [3.63, 3.8) is 0 Å². The van der Waals surface area contributed by atoms with Crippen LogP contribution in [0.3, 0.4) is 0 Å². The molecule has 0 bridgehead atoms. The predicted octanol–water partition coefficient (Wildman–Crippen LogP) is 4.17. The molecular weight excluding hydrogens is 370 g/mol. The van der Waals surface area contributed by atoms with Crippen molar-refractivity contribution in [3.8, 4) is 11.8 Å². The number of ether oxygens (including phenoxy) is 1. The van der Waals surface area contributed by atoms with E-state index in [0.29, 0.717) is 22.6 Å². The lowest BCUT2D eigenvalue weighted by Crippen LogP contribution is -2.29. The molecule has 0 atom stereocenters. The first-order chi connectivity index (χ1) is 11.4. The van der Waals surface area contributed by atoms with Crippen molar-refractivity contribution >= 4 is 27.5 Å². The Bertz CT molecular complexity index is 797. The minimum absolute atomic E-state index is 0.0176. The first-order valence-corrected chi connectivity index (χ1v) is 8.23. The molecule has 1 amide bonds. The Balaban J connectivity index is 2.09. The van der Waals surface area contributed by atoms with Crippen LogP contribution in [0.5, 0.6) is 5.75 Å². The number of carbonyl (C=O) groups excluding carboxylic acids is 1. The van der Waals surface area contributed by atoms with E-state index in [1.165, 1.54) is 0 Å². The van der Waals surface area contributed by atoms with E-state index in [1.807, 2.05) is 32.9 Å². The number of hydrogen-bond donors (Lipinski definition) is 2. The van der Waals surface area contributed by atoms with Gasteiger partial charge in [0.15, 0.2) is 0 Å². The summed E-state index contributed by atoms with van der Waals surface area (Å²) in [4.78, 5) is 12.2. The standard InChI is InChI=1S/C18H18BrN3O2/c1-11(2)24-17-7-5-15(9-13(17)10-20)21-22-18(23)16-6-4-14(19)8-12(16)3/h4-9,11,21H,1-3H3,(H,22,23). The minimum atomic E-state index is -0.249. The van der Waals surface area contributed by atoms with Crippen LogP contribution in [-0.4, -0.2) is 12.0 Å². The molecule has 0 aromatic heterocycles. The summed E-state index contributed by atoms with van der Waals surface area (Å²) >= 11 is 3.37. The lowest BCUT2D eigenvalue weighted by atomic mass is 10.1. The number of nitriles is 1. The summed E-state index contributed by atoms with van der Waals surface area (Å²) in [5.41, 5.74) is 7.90. The second-order valence-electron chi connectivity index (χ2n) is 5.53. The van der Waals surface area contributed by atoms with E-state index in [2.05, 4.69) is 32.9 Å². The fraction of sp³-hybridized carbons (Fsp3) is 0.222. The van der Waals surface area contributed by atoms with Gasteiger partial charge in [-0.15, -0.1) is 0 Å². The first-order valence-electron chi connectivity index (χ1n) is 7.44. The number of rotatable bonds is 5. The Hall–Kier alpha value is -2.52. The van der Waals surface area contributed by atoms with Crippen molar-refractivity contribution < 1.29 is 9.53 Å². The van der Waals surface area contributed by atoms with Gasteiger partial charge in [-0.05, 0) is 62.7 Å². The maximum absolute atomic E-state index is 12.2. The van der Waals surface area contributed by atoms with Gasteiger partial charge in [0.25, 0.3) is 5.91 Å². The Labute approximate surface area is 149 Å². The van der Waals surface area contributed by atoms with Gasteiger partial charge in [-0.25, -0.2) is 0 Å². The molecule has 2 rings (SSSR count). The molecule has 0 aliphatic rings. The molecule has 124 valence electrons. The highest BCUT2D eigenvalue weighted by atomic mass is 79.9. The molecule has 0 radical (unpaired) electrons. The van der Waals surface area contributed by atoms with Gasteiger partial charge in [0, 0.05) is 10.0 Å². The molecule has 2 N–H and O–H groups in total. The third kappa shape index (κ3) is 4.49. The third-order valence-corrected chi connectivity index (χ3v) is 3.71. The van der Waals surface area contributed by atoms with E-state index in [9.17, 15) is 10.1 Å². The molecule has 5 nitrogen and oxygen atoms in total. The van der Waals surface area contributed by atoms with Gasteiger partial charge in [0.2, 0.25) is 0 Å². The number of benzene rings is 2. The van der Waals surface area contributed by atoms with Crippen molar-refractivity contribution in [2.45, 2.75) is 26.9 Å². The van der Waals surface area contributed by atoms with Crippen LogP contribution in [0.25, 0.3) is 0 Å². The van der Waals surface area contributed by atoms with Crippen LogP contribution >= 0.6 is 15.9 Å². The molecule has 0 saturated carbocycles. The molecule has 0 heterocycles. The monoisotopic (exact) mass is 387 g/mol. The summed E-state index contributed by atoms with van der Waals surface area (Å²) in [5, 5.41) is 9.22. The van der Waals surface area contributed by atoms with E-state index in [1.54, 1.807) is 24.3 Å². The van der Waals surface area contributed by atoms with Gasteiger partial charge in [-0.3, -0.25) is 15.6 Å². The van der Waals surface area contributed by atoms with Crippen LogP contribution in [0.4, 0.5) is 5.69 Å². The first kappa shape index (κ1) is 17.8. The molecule has 6 heteroatoms. The molecule has 0 aliphatic carbocycles. The van der Waals surface area contributed by atoms with Crippen LogP contribution in [0.1, 0.15) is 35.3 Å². The average Bonchev–Trinajstić information content (AvgIpc) is 2.53. The van der Waals surface area contributed by atoms with Gasteiger partial charge < -0.3 is 4.74 Å². The molecule has 2 aromatic carbocycles. The molecular formula is C18H18BrN3O2. The number of hydrazine groups is 1.